The number of likely N-dealkylation sites (N-methyl/N-ethyl adjacent to an activating group) is 1. The van der Waals surface area contributed by atoms with Gasteiger partial charge in [0.1, 0.15) is 5.75 Å². The second-order valence-electron chi connectivity index (χ2n) is 4.69. The van der Waals surface area contributed by atoms with Crippen LogP contribution in [0.2, 0.25) is 0 Å². The van der Waals surface area contributed by atoms with E-state index < -0.39 is 5.60 Å². The SMILES string of the molecule is CN1C(=O)C(C)(C)Oc2ccc(CN=C=O)cc21. The zero-order valence-electron chi connectivity index (χ0n) is 10.6. The minimum Gasteiger partial charge on any atom is -0.476 e. The highest BCUT2D eigenvalue weighted by molar-refractivity contribution is 6.01. The molecule has 0 atom stereocenters. The lowest BCUT2D eigenvalue weighted by Crippen LogP contribution is -2.50. The number of benzene rings is 1. The Hall–Kier alpha value is -2.13. The van der Waals surface area contributed by atoms with Gasteiger partial charge in [0.05, 0.1) is 12.2 Å². The zero-order chi connectivity index (χ0) is 13.3. The number of amides is 1. The average molecular weight is 246 g/mol. The summed E-state index contributed by atoms with van der Waals surface area (Å²) in [6.45, 7) is 3.72. The van der Waals surface area contributed by atoms with Crippen molar-refractivity contribution in [3.05, 3.63) is 23.8 Å². The third-order valence-electron chi connectivity index (χ3n) is 2.90. The van der Waals surface area contributed by atoms with Crippen molar-refractivity contribution in [3.8, 4) is 5.75 Å². The minimum absolute atomic E-state index is 0.106. The van der Waals surface area contributed by atoms with Crippen LogP contribution in [0, 0.1) is 0 Å². The van der Waals surface area contributed by atoms with Crippen molar-refractivity contribution in [3.63, 3.8) is 0 Å². The van der Waals surface area contributed by atoms with E-state index in [9.17, 15) is 9.59 Å². The van der Waals surface area contributed by atoms with Crippen LogP contribution in [0.5, 0.6) is 5.75 Å². The Kier molecular flexibility index (Phi) is 2.93. The van der Waals surface area contributed by atoms with Gasteiger partial charge in [0.2, 0.25) is 6.08 Å². The van der Waals surface area contributed by atoms with Crippen LogP contribution in [0.3, 0.4) is 0 Å². The van der Waals surface area contributed by atoms with Crippen LogP contribution < -0.4 is 9.64 Å². The van der Waals surface area contributed by atoms with Crippen molar-refractivity contribution in [2.24, 2.45) is 4.99 Å². The van der Waals surface area contributed by atoms with Gasteiger partial charge in [-0.05, 0) is 31.5 Å². The number of nitrogens with zero attached hydrogens (tertiary/aromatic N) is 2. The van der Waals surface area contributed by atoms with Crippen molar-refractivity contribution >= 4 is 17.7 Å². The molecule has 0 N–H and O–H groups in total. The molecule has 1 aromatic rings. The molecule has 5 nitrogen and oxygen atoms in total. The molecule has 0 radical (unpaired) electrons. The third-order valence-corrected chi connectivity index (χ3v) is 2.90. The van der Waals surface area contributed by atoms with E-state index in [1.54, 1.807) is 37.9 Å². The number of carbonyl (C=O) groups excluding carboxylic acids is 2. The number of rotatable bonds is 2. The maximum atomic E-state index is 12.1. The molecule has 0 unspecified atom stereocenters. The van der Waals surface area contributed by atoms with Crippen molar-refractivity contribution < 1.29 is 14.3 Å². The first-order valence-corrected chi connectivity index (χ1v) is 5.59. The lowest BCUT2D eigenvalue weighted by Gasteiger charge is -2.37. The fraction of sp³-hybridized carbons (Fsp3) is 0.385. The Morgan fingerprint density at radius 1 is 1.44 bits per heavy atom. The van der Waals surface area contributed by atoms with Crippen LogP contribution in [0.4, 0.5) is 5.69 Å². The van der Waals surface area contributed by atoms with Crippen molar-refractivity contribution in [1.82, 2.24) is 0 Å². The van der Waals surface area contributed by atoms with Gasteiger partial charge >= 0.3 is 0 Å². The van der Waals surface area contributed by atoms with Gasteiger partial charge in [-0.25, -0.2) is 9.79 Å². The van der Waals surface area contributed by atoms with E-state index in [-0.39, 0.29) is 12.5 Å². The molecule has 0 aromatic heterocycles. The summed E-state index contributed by atoms with van der Waals surface area (Å²) in [5.74, 6) is 0.548. The first kappa shape index (κ1) is 12.3. The number of ether oxygens (including phenoxy) is 1. The second-order valence-corrected chi connectivity index (χ2v) is 4.69. The van der Waals surface area contributed by atoms with Gasteiger partial charge in [-0.2, -0.15) is 0 Å². The summed E-state index contributed by atoms with van der Waals surface area (Å²) in [5.41, 5.74) is 0.669. The van der Waals surface area contributed by atoms with E-state index in [0.717, 1.165) is 5.56 Å². The van der Waals surface area contributed by atoms with E-state index in [0.29, 0.717) is 11.4 Å². The second kappa shape index (κ2) is 4.27. The highest BCUT2D eigenvalue weighted by atomic mass is 16.5. The average Bonchev–Trinajstić information content (AvgIpc) is 2.34. The fourth-order valence-electron chi connectivity index (χ4n) is 1.97. The molecule has 0 aliphatic carbocycles. The van der Waals surface area contributed by atoms with Gasteiger partial charge < -0.3 is 9.64 Å². The van der Waals surface area contributed by atoms with Crippen LogP contribution in [0.1, 0.15) is 19.4 Å². The van der Waals surface area contributed by atoms with E-state index >= 15 is 0 Å². The number of hydrogen-bond donors (Lipinski definition) is 0. The Balaban J connectivity index is 2.42. The quantitative estimate of drug-likeness (QED) is 0.589. The predicted octanol–water partition coefficient (Wildman–Crippen LogP) is 1.66. The van der Waals surface area contributed by atoms with Crippen molar-refractivity contribution in [1.29, 1.82) is 0 Å². The molecule has 18 heavy (non-hydrogen) atoms. The van der Waals surface area contributed by atoms with Crippen molar-refractivity contribution in [2.75, 3.05) is 11.9 Å². The summed E-state index contributed by atoms with van der Waals surface area (Å²) in [6, 6.07) is 5.40. The standard InChI is InChI=1S/C13H14N2O3/c1-13(2)12(17)15(3)10-6-9(7-14-8-16)4-5-11(10)18-13/h4-6H,7H2,1-3H3. The number of anilines is 1. The smallest absolute Gasteiger partial charge is 0.270 e. The van der Waals surface area contributed by atoms with E-state index in [1.807, 2.05) is 6.07 Å². The van der Waals surface area contributed by atoms with Crippen LogP contribution in [-0.4, -0.2) is 24.6 Å². The predicted molar refractivity (Wildman–Crippen MR) is 66.4 cm³/mol. The Morgan fingerprint density at radius 2 is 2.17 bits per heavy atom. The Labute approximate surface area is 105 Å². The molecular formula is C13H14N2O3. The third kappa shape index (κ3) is 2.00. The molecule has 1 aliphatic heterocycles. The summed E-state index contributed by atoms with van der Waals surface area (Å²) in [5, 5.41) is 0. The zero-order valence-corrected chi connectivity index (χ0v) is 10.6. The number of isocyanates is 1. The fourth-order valence-corrected chi connectivity index (χ4v) is 1.97. The number of aliphatic imine (C=N–C) groups is 1. The van der Waals surface area contributed by atoms with Crippen molar-refractivity contribution in [2.45, 2.75) is 26.0 Å². The first-order chi connectivity index (χ1) is 8.45. The molecule has 0 saturated carbocycles. The Morgan fingerprint density at radius 3 is 2.83 bits per heavy atom. The molecule has 0 fully saturated rings. The summed E-state index contributed by atoms with van der Waals surface area (Å²) in [7, 11) is 1.71. The van der Waals surface area contributed by atoms with Gasteiger partial charge in [0.25, 0.3) is 5.91 Å². The number of hydrogen-bond acceptors (Lipinski definition) is 4. The normalized spacial score (nSPS) is 16.6. The van der Waals surface area contributed by atoms with Gasteiger partial charge in [-0.15, -0.1) is 0 Å². The summed E-state index contributed by atoms with van der Waals surface area (Å²) < 4.78 is 5.66. The highest BCUT2D eigenvalue weighted by Gasteiger charge is 2.39. The number of fused-ring (bicyclic) bond motifs is 1. The largest absolute Gasteiger partial charge is 0.476 e. The van der Waals surface area contributed by atoms with Crippen LogP contribution in [0.15, 0.2) is 23.2 Å². The summed E-state index contributed by atoms with van der Waals surface area (Å²) >= 11 is 0. The Bertz CT molecular complexity index is 545. The molecule has 1 heterocycles. The van der Waals surface area contributed by atoms with Gasteiger partial charge in [-0.1, -0.05) is 6.07 Å². The monoisotopic (exact) mass is 246 g/mol. The summed E-state index contributed by atoms with van der Waals surface area (Å²) in [6.07, 6.45) is 1.49. The molecule has 1 aromatic carbocycles. The van der Waals surface area contributed by atoms with Crippen LogP contribution in [-0.2, 0) is 16.1 Å². The number of carbonyl (C=O) groups is 1. The molecule has 2 rings (SSSR count). The maximum Gasteiger partial charge on any atom is 0.270 e. The molecular weight excluding hydrogens is 232 g/mol. The molecule has 5 heteroatoms. The molecule has 0 bridgehead atoms. The first-order valence-electron chi connectivity index (χ1n) is 5.59. The van der Waals surface area contributed by atoms with E-state index in [2.05, 4.69) is 4.99 Å². The molecule has 0 saturated heterocycles. The van der Waals surface area contributed by atoms with Crippen LogP contribution >= 0.6 is 0 Å². The molecule has 0 spiro atoms. The maximum absolute atomic E-state index is 12.1. The summed E-state index contributed by atoms with van der Waals surface area (Å²) in [4.78, 5) is 27.2. The van der Waals surface area contributed by atoms with E-state index in [1.165, 1.54) is 6.08 Å². The lowest BCUT2D eigenvalue weighted by molar-refractivity contribution is -0.132. The van der Waals surface area contributed by atoms with Gasteiger partial charge in [0.15, 0.2) is 5.60 Å². The molecule has 1 aliphatic rings. The van der Waals surface area contributed by atoms with Gasteiger partial charge in [0, 0.05) is 7.05 Å². The van der Waals surface area contributed by atoms with E-state index in [4.69, 9.17) is 4.74 Å². The highest BCUT2D eigenvalue weighted by Crippen LogP contribution is 2.37. The minimum atomic E-state index is -0.857. The molecule has 94 valence electrons. The van der Waals surface area contributed by atoms with Crippen LogP contribution in [0.25, 0.3) is 0 Å². The lowest BCUT2D eigenvalue weighted by atomic mass is 10.0. The molecule has 1 amide bonds. The van der Waals surface area contributed by atoms with Gasteiger partial charge in [-0.3, -0.25) is 4.79 Å². The topological polar surface area (TPSA) is 59.0 Å².